The fraction of sp³-hybridized carbons (Fsp3) is 0.250. The number of amides is 1. The number of hydrogen-bond donors (Lipinski definition) is 1. The average molecular weight is 368 g/mol. The van der Waals surface area contributed by atoms with E-state index in [2.05, 4.69) is 5.32 Å². The number of benzene rings is 2. The second-order valence-corrected chi connectivity index (χ2v) is 5.67. The van der Waals surface area contributed by atoms with E-state index in [1.807, 2.05) is 6.07 Å². The van der Waals surface area contributed by atoms with Gasteiger partial charge in [-0.15, -0.1) is 0 Å². The number of methoxy groups -OCH3 is 2. The van der Waals surface area contributed by atoms with Gasteiger partial charge in [-0.05, 0) is 43.3 Å². The smallest absolute Gasteiger partial charge is 0.338 e. The second-order valence-electron chi connectivity index (χ2n) is 5.67. The SMILES string of the molecule is COc1ccc(OC)c([C@@H](C)NC(=O)COC(=O)c2cccc(C#N)c2)c1. The van der Waals surface area contributed by atoms with Gasteiger partial charge in [-0.3, -0.25) is 4.79 Å². The Morgan fingerprint density at radius 3 is 2.59 bits per heavy atom. The van der Waals surface area contributed by atoms with Crippen LogP contribution in [0.5, 0.6) is 11.5 Å². The highest BCUT2D eigenvalue weighted by atomic mass is 16.5. The zero-order valence-electron chi connectivity index (χ0n) is 15.3. The van der Waals surface area contributed by atoms with Crippen LogP contribution in [0.2, 0.25) is 0 Å². The minimum absolute atomic E-state index is 0.212. The summed E-state index contributed by atoms with van der Waals surface area (Å²) in [6, 6.07) is 12.9. The number of hydrogen-bond acceptors (Lipinski definition) is 6. The fourth-order valence-corrected chi connectivity index (χ4v) is 2.47. The summed E-state index contributed by atoms with van der Waals surface area (Å²) in [5, 5.41) is 11.6. The lowest BCUT2D eigenvalue weighted by molar-refractivity contribution is -0.124. The van der Waals surface area contributed by atoms with E-state index in [9.17, 15) is 9.59 Å². The Morgan fingerprint density at radius 1 is 1.15 bits per heavy atom. The van der Waals surface area contributed by atoms with Crippen molar-refractivity contribution in [3.63, 3.8) is 0 Å². The molecule has 27 heavy (non-hydrogen) atoms. The molecule has 0 saturated heterocycles. The maximum Gasteiger partial charge on any atom is 0.338 e. The minimum atomic E-state index is -0.672. The molecule has 0 saturated carbocycles. The van der Waals surface area contributed by atoms with Crippen LogP contribution in [-0.2, 0) is 9.53 Å². The number of carbonyl (C=O) groups is 2. The van der Waals surface area contributed by atoms with Gasteiger partial charge in [-0.25, -0.2) is 4.79 Å². The van der Waals surface area contributed by atoms with Crippen molar-refractivity contribution in [3.8, 4) is 17.6 Å². The number of nitriles is 1. The van der Waals surface area contributed by atoms with Crippen LogP contribution in [0, 0.1) is 11.3 Å². The molecule has 0 aliphatic carbocycles. The van der Waals surface area contributed by atoms with Crippen LogP contribution in [0.1, 0.15) is 34.5 Å². The van der Waals surface area contributed by atoms with Crippen LogP contribution in [0.15, 0.2) is 42.5 Å². The standard InChI is InChI=1S/C20H20N2O5/c1-13(17-10-16(25-2)7-8-18(17)26-3)22-19(23)12-27-20(24)15-6-4-5-14(9-15)11-21/h4-10,13H,12H2,1-3H3,(H,22,23)/t13-/m1/s1. The van der Waals surface area contributed by atoms with Crippen LogP contribution >= 0.6 is 0 Å². The van der Waals surface area contributed by atoms with Crippen molar-refractivity contribution in [3.05, 3.63) is 59.2 Å². The lowest BCUT2D eigenvalue weighted by atomic mass is 10.1. The first-order valence-corrected chi connectivity index (χ1v) is 8.17. The predicted molar refractivity (Wildman–Crippen MR) is 97.5 cm³/mol. The first-order valence-electron chi connectivity index (χ1n) is 8.17. The molecule has 0 radical (unpaired) electrons. The van der Waals surface area contributed by atoms with E-state index in [0.29, 0.717) is 17.1 Å². The summed E-state index contributed by atoms with van der Waals surface area (Å²) in [6.45, 7) is 1.35. The highest BCUT2D eigenvalue weighted by Crippen LogP contribution is 2.29. The van der Waals surface area contributed by atoms with Crippen LogP contribution < -0.4 is 14.8 Å². The van der Waals surface area contributed by atoms with Crippen LogP contribution in [-0.4, -0.2) is 32.7 Å². The number of esters is 1. The molecule has 0 aromatic heterocycles. The number of rotatable bonds is 7. The Morgan fingerprint density at radius 2 is 1.93 bits per heavy atom. The van der Waals surface area contributed by atoms with Crippen LogP contribution in [0.3, 0.4) is 0 Å². The third kappa shape index (κ3) is 5.22. The lowest BCUT2D eigenvalue weighted by Crippen LogP contribution is -2.31. The van der Waals surface area contributed by atoms with Gasteiger partial charge in [-0.1, -0.05) is 6.07 Å². The summed E-state index contributed by atoms with van der Waals surface area (Å²) < 4.78 is 15.5. The Balaban J connectivity index is 1.97. The molecule has 0 spiro atoms. The Labute approximate surface area is 157 Å². The van der Waals surface area contributed by atoms with Crippen molar-refractivity contribution in [2.45, 2.75) is 13.0 Å². The molecule has 140 valence electrons. The maximum absolute atomic E-state index is 12.1. The van der Waals surface area contributed by atoms with Gasteiger partial charge in [0.2, 0.25) is 0 Å². The van der Waals surface area contributed by atoms with Gasteiger partial charge < -0.3 is 19.5 Å². The number of nitrogens with one attached hydrogen (secondary N) is 1. The van der Waals surface area contributed by atoms with Crippen LogP contribution in [0.4, 0.5) is 0 Å². The van der Waals surface area contributed by atoms with Gasteiger partial charge in [0.05, 0.1) is 37.5 Å². The topological polar surface area (TPSA) is 97.7 Å². The van der Waals surface area contributed by atoms with Gasteiger partial charge >= 0.3 is 5.97 Å². The minimum Gasteiger partial charge on any atom is -0.497 e. The van der Waals surface area contributed by atoms with Crippen molar-refractivity contribution < 1.29 is 23.8 Å². The van der Waals surface area contributed by atoms with Gasteiger partial charge in [0.1, 0.15) is 11.5 Å². The monoisotopic (exact) mass is 368 g/mol. The maximum atomic E-state index is 12.1. The molecule has 7 nitrogen and oxygen atoms in total. The Kier molecular flexibility index (Phi) is 6.78. The molecule has 2 aromatic carbocycles. The summed E-state index contributed by atoms with van der Waals surface area (Å²) in [5.41, 5.74) is 1.29. The van der Waals surface area contributed by atoms with E-state index in [1.54, 1.807) is 44.4 Å². The second kappa shape index (κ2) is 9.25. The number of ether oxygens (including phenoxy) is 3. The molecule has 1 N–H and O–H groups in total. The molecule has 1 atom stereocenters. The van der Waals surface area contributed by atoms with Crippen molar-refractivity contribution in [1.82, 2.24) is 5.32 Å². The molecule has 0 aliphatic heterocycles. The number of carbonyl (C=O) groups excluding carboxylic acids is 2. The number of nitrogens with zero attached hydrogens (tertiary/aromatic N) is 1. The molecule has 0 aliphatic rings. The molecule has 0 unspecified atom stereocenters. The first-order chi connectivity index (χ1) is 13.0. The quantitative estimate of drug-likeness (QED) is 0.755. The van der Waals surface area contributed by atoms with Crippen molar-refractivity contribution in [2.24, 2.45) is 0 Å². The van der Waals surface area contributed by atoms with Gasteiger partial charge in [0.15, 0.2) is 6.61 Å². The van der Waals surface area contributed by atoms with E-state index in [0.717, 1.165) is 5.56 Å². The van der Waals surface area contributed by atoms with Gasteiger partial charge in [0, 0.05) is 5.56 Å². The highest BCUT2D eigenvalue weighted by Gasteiger charge is 2.17. The highest BCUT2D eigenvalue weighted by molar-refractivity contribution is 5.91. The van der Waals surface area contributed by atoms with Gasteiger partial charge in [0.25, 0.3) is 5.91 Å². The molecule has 1 amide bonds. The fourth-order valence-electron chi connectivity index (χ4n) is 2.47. The zero-order valence-corrected chi connectivity index (χ0v) is 15.3. The molecular weight excluding hydrogens is 348 g/mol. The molecule has 0 heterocycles. The van der Waals surface area contributed by atoms with E-state index >= 15 is 0 Å². The normalized spacial score (nSPS) is 11.0. The zero-order chi connectivity index (χ0) is 19.8. The van der Waals surface area contributed by atoms with Gasteiger partial charge in [-0.2, -0.15) is 5.26 Å². The van der Waals surface area contributed by atoms with E-state index in [1.165, 1.54) is 19.2 Å². The van der Waals surface area contributed by atoms with Crippen LogP contribution in [0.25, 0.3) is 0 Å². The first kappa shape index (κ1) is 19.8. The van der Waals surface area contributed by atoms with Crippen molar-refractivity contribution in [1.29, 1.82) is 5.26 Å². The predicted octanol–water partition coefficient (Wildman–Crippen LogP) is 2.61. The van der Waals surface area contributed by atoms with Crippen molar-refractivity contribution >= 4 is 11.9 Å². The third-order valence-corrected chi connectivity index (χ3v) is 3.84. The molecule has 0 fully saturated rings. The Hall–Kier alpha value is -3.53. The third-order valence-electron chi connectivity index (χ3n) is 3.84. The molecule has 0 bridgehead atoms. The average Bonchev–Trinajstić information content (AvgIpc) is 2.71. The molecule has 2 aromatic rings. The molecular formula is C20H20N2O5. The summed E-state index contributed by atoms with van der Waals surface area (Å²) in [7, 11) is 3.09. The summed E-state index contributed by atoms with van der Waals surface area (Å²) in [4.78, 5) is 24.1. The largest absolute Gasteiger partial charge is 0.497 e. The summed E-state index contributed by atoms with van der Waals surface area (Å²) >= 11 is 0. The molecule has 7 heteroatoms. The Bertz CT molecular complexity index is 873. The van der Waals surface area contributed by atoms with E-state index in [-0.39, 0.29) is 11.6 Å². The summed E-state index contributed by atoms with van der Waals surface area (Å²) in [5.74, 6) is 0.107. The lowest BCUT2D eigenvalue weighted by Gasteiger charge is -2.18. The summed E-state index contributed by atoms with van der Waals surface area (Å²) in [6.07, 6.45) is 0. The molecule has 2 rings (SSSR count). The van der Waals surface area contributed by atoms with Crippen molar-refractivity contribution in [2.75, 3.05) is 20.8 Å². The van der Waals surface area contributed by atoms with E-state index in [4.69, 9.17) is 19.5 Å². The van der Waals surface area contributed by atoms with E-state index < -0.39 is 18.5 Å².